The number of pyridine rings is 1. The molecule has 0 radical (unpaired) electrons. The van der Waals surface area contributed by atoms with E-state index < -0.39 is 27.7 Å². The molecule has 0 aliphatic heterocycles. The van der Waals surface area contributed by atoms with E-state index in [-0.39, 0.29) is 50.6 Å². The highest BCUT2D eigenvalue weighted by molar-refractivity contribution is 7.85. The van der Waals surface area contributed by atoms with E-state index in [1.54, 1.807) is 0 Å². The molecule has 1 atom stereocenters. The van der Waals surface area contributed by atoms with Gasteiger partial charge in [0.1, 0.15) is 22.9 Å². The zero-order valence-corrected chi connectivity index (χ0v) is 25.1. The van der Waals surface area contributed by atoms with Gasteiger partial charge in [-0.15, -0.1) is 0 Å². The van der Waals surface area contributed by atoms with Gasteiger partial charge in [0.2, 0.25) is 5.91 Å². The van der Waals surface area contributed by atoms with Crippen LogP contribution in [0.15, 0.2) is 24.3 Å². The molecule has 230 valence electrons. The summed E-state index contributed by atoms with van der Waals surface area (Å²) >= 11 is 0. The average Bonchev–Trinajstić information content (AvgIpc) is 3.29. The molecular weight excluding hydrogens is 562 g/mol. The number of ether oxygens (including phenoxy) is 1. The zero-order valence-electron chi connectivity index (χ0n) is 24.3. The van der Waals surface area contributed by atoms with Crippen molar-refractivity contribution in [2.45, 2.75) is 71.8 Å². The lowest BCUT2D eigenvalue weighted by molar-refractivity contribution is -0.129. The first kappa shape index (κ1) is 33.1. The quantitative estimate of drug-likeness (QED) is 0.136. The smallest absolute Gasteiger partial charge is 0.265 e. The normalized spacial score (nSPS) is 12.5. The molecule has 12 nitrogen and oxygen atoms in total. The second kappa shape index (κ2) is 15.7. The molecule has 2 heterocycles. The monoisotopic (exact) mass is 603 g/mol. The minimum Gasteiger partial charge on any atom is -0.382 e. The number of carbonyl (C=O) groups is 3. The van der Waals surface area contributed by atoms with Crippen LogP contribution in [0.3, 0.4) is 0 Å². The summed E-state index contributed by atoms with van der Waals surface area (Å²) in [5, 5.41) is 3.68. The summed E-state index contributed by atoms with van der Waals surface area (Å²) in [6.07, 6.45) is 3.94. The number of nitrogens with one attached hydrogen (secondary N) is 1. The molecule has 0 fully saturated rings. The number of unbranched alkanes of at least 4 members (excludes halogenated alkanes) is 2. The van der Waals surface area contributed by atoms with E-state index >= 15 is 0 Å². The third-order valence-electron chi connectivity index (χ3n) is 6.93. The SMILES string of the molecule is CCCCc1nc2c(N)nc3ccccc3c2n1CCCCNC(=O)[C@@H](CC(=O)CCOCCC(C)=O)CS(=O)(=O)O. The molecule has 0 bridgehead atoms. The van der Waals surface area contributed by atoms with Crippen molar-refractivity contribution in [2.24, 2.45) is 5.92 Å². The fourth-order valence-corrected chi connectivity index (χ4v) is 5.56. The molecule has 3 aromatic rings. The first-order valence-corrected chi connectivity index (χ1v) is 16.0. The van der Waals surface area contributed by atoms with Gasteiger partial charge < -0.3 is 20.4 Å². The summed E-state index contributed by atoms with van der Waals surface area (Å²) in [6, 6.07) is 7.78. The van der Waals surface area contributed by atoms with E-state index in [4.69, 9.17) is 15.5 Å². The number of nitrogen functional groups attached to an aromatic ring is 1. The lowest BCUT2D eigenvalue weighted by atomic mass is 10.0. The summed E-state index contributed by atoms with van der Waals surface area (Å²) in [7, 11) is -4.48. The third kappa shape index (κ3) is 9.85. The molecule has 1 aromatic carbocycles. The van der Waals surface area contributed by atoms with Crippen molar-refractivity contribution in [1.29, 1.82) is 0 Å². The predicted molar refractivity (Wildman–Crippen MR) is 161 cm³/mol. The van der Waals surface area contributed by atoms with Gasteiger partial charge in [0.25, 0.3) is 10.1 Å². The Kier molecular flexibility index (Phi) is 12.4. The number of rotatable bonds is 19. The van der Waals surface area contributed by atoms with Crippen molar-refractivity contribution in [3.05, 3.63) is 30.1 Å². The number of aryl methyl sites for hydroxylation is 2. The molecule has 2 aromatic heterocycles. The van der Waals surface area contributed by atoms with Crippen LogP contribution in [-0.2, 0) is 42.2 Å². The summed E-state index contributed by atoms with van der Waals surface area (Å²) in [4.78, 5) is 45.4. The molecule has 4 N–H and O–H groups in total. The summed E-state index contributed by atoms with van der Waals surface area (Å²) in [5.74, 6) is -1.76. The molecule has 0 saturated carbocycles. The van der Waals surface area contributed by atoms with Crippen LogP contribution in [0.5, 0.6) is 0 Å². The number of imidazole rings is 1. The van der Waals surface area contributed by atoms with Gasteiger partial charge in [-0.3, -0.25) is 18.9 Å². The largest absolute Gasteiger partial charge is 0.382 e. The van der Waals surface area contributed by atoms with Gasteiger partial charge in [-0.1, -0.05) is 31.5 Å². The number of nitrogens with zero attached hydrogens (tertiary/aromatic N) is 3. The second-order valence-electron chi connectivity index (χ2n) is 10.5. The number of benzene rings is 1. The molecule has 1 amide bonds. The number of aromatic nitrogens is 3. The minimum absolute atomic E-state index is 0.0267. The van der Waals surface area contributed by atoms with Crippen LogP contribution >= 0.6 is 0 Å². The second-order valence-corrected chi connectivity index (χ2v) is 12.0. The molecule has 13 heteroatoms. The maximum atomic E-state index is 12.8. The zero-order chi connectivity index (χ0) is 30.7. The van der Waals surface area contributed by atoms with E-state index in [0.717, 1.165) is 41.5 Å². The fraction of sp³-hybridized carbons (Fsp3) is 0.552. The number of fused-ring (bicyclic) bond motifs is 3. The highest BCUT2D eigenvalue weighted by Gasteiger charge is 2.26. The van der Waals surface area contributed by atoms with Gasteiger partial charge >= 0.3 is 0 Å². The first-order valence-electron chi connectivity index (χ1n) is 14.3. The van der Waals surface area contributed by atoms with Crippen LogP contribution in [0, 0.1) is 5.92 Å². The standard InChI is InChI=1S/C29H41N5O7S/c1-3-4-11-25-33-26-27(23-9-5-6-10-24(23)32-28(26)30)34(25)15-8-7-14-31-29(37)21(19-42(38,39)40)18-22(36)13-17-41-16-12-20(2)35/h5-6,9-10,21H,3-4,7-8,11-19H2,1-2H3,(H2,30,32)(H,31,37)(H,38,39,40)/t21-/m0/s1. The van der Waals surface area contributed by atoms with Gasteiger partial charge in [0, 0.05) is 44.2 Å². The number of anilines is 1. The Balaban J connectivity index is 1.60. The fourth-order valence-electron chi connectivity index (χ4n) is 4.78. The number of para-hydroxylation sites is 1. The number of ketones is 2. The van der Waals surface area contributed by atoms with Crippen molar-refractivity contribution in [3.63, 3.8) is 0 Å². The Morgan fingerprint density at radius 1 is 1.10 bits per heavy atom. The highest BCUT2D eigenvalue weighted by Crippen LogP contribution is 2.29. The van der Waals surface area contributed by atoms with Crippen molar-refractivity contribution in [3.8, 4) is 0 Å². The Morgan fingerprint density at radius 2 is 1.83 bits per heavy atom. The van der Waals surface area contributed by atoms with Gasteiger partial charge in [0.05, 0.1) is 35.9 Å². The van der Waals surface area contributed by atoms with Crippen LogP contribution in [-0.4, -0.2) is 70.5 Å². The molecule has 0 aliphatic rings. The molecule has 3 rings (SSSR count). The number of hydrogen-bond acceptors (Lipinski definition) is 9. The highest BCUT2D eigenvalue weighted by atomic mass is 32.2. The molecule has 0 aliphatic carbocycles. The lowest BCUT2D eigenvalue weighted by Crippen LogP contribution is -2.36. The average molecular weight is 604 g/mol. The Hall–Kier alpha value is -3.42. The van der Waals surface area contributed by atoms with Gasteiger partial charge in [-0.25, -0.2) is 9.97 Å². The molecule has 0 unspecified atom stereocenters. The van der Waals surface area contributed by atoms with Gasteiger partial charge in [0.15, 0.2) is 5.82 Å². The Morgan fingerprint density at radius 3 is 2.55 bits per heavy atom. The van der Waals surface area contributed by atoms with Crippen molar-refractivity contribution >= 4 is 55.3 Å². The molecule has 0 spiro atoms. The number of carbonyl (C=O) groups excluding carboxylic acids is 3. The molecular formula is C29H41N5O7S. The van der Waals surface area contributed by atoms with Crippen LogP contribution in [0.25, 0.3) is 21.9 Å². The van der Waals surface area contributed by atoms with Crippen LogP contribution in [0.2, 0.25) is 0 Å². The Bertz CT molecular complexity index is 1500. The van der Waals surface area contributed by atoms with Crippen molar-refractivity contribution in [1.82, 2.24) is 19.9 Å². The van der Waals surface area contributed by atoms with E-state index in [1.807, 2.05) is 24.3 Å². The third-order valence-corrected chi connectivity index (χ3v) is 7.75. The van der Waals surface area contributed by atoms with Crippen LogP contribution in [0.1, 0.15) is 64.6 Å². The number of amides is 1. The Labute approximate surface area is 246 Å². The lowest BCUT2D eigenvalue weighted by Gasteiger charge is -2.15. The number of Topliss-reactive ketones (excluding diaryl/α,β-unsaturated/α-hetero) is 2. The molecule has 42 heavy (non-hydrogen) atoms. The predicted octanol–water partition coefficient (Wildman–Crippen LogP) is 3.25. The van der Waals surface area contributed by atoms with Gasteiger partial charge in [-0.2, -0.15) is 8.42 Å². The summed E-state index contributed by atoms with van der Waals surface area (Å²) in [6.45, 7) is 4.71. The van der Waals surface area contributed by atoms with E-state index in [0.29, 0.717) is 30.7 Å². The van der Waals surface area contributed by atoms with Gasteiger partial charge in [-0.05, 0) is 32.3 Å². The number of nitrogens with two attached hydrogens (primary N) is 1. The van der Waals surface area contributed by atoms with E-state index in [9.17, 15) is 27.4 Å². The van der Waals surface area contributed by atoms with Crippen LogP contribution in [0.4, 0.5) is 5.82 Å². The first-order chi connectivity index (χ1) is 20.0. The topological polar surface area (TPSA) is 184 Å². The summed E-state index contributed by atoms with van der Waals surface area (Å²) in [5.41, 5.74) is 8.67. The van der Waals surface area contributed by atoms with E-state index in [1.165, 1.54) is 6.92 Å². The van der Waals surface area contributed by atoms with Crippen molar-refractivity contribution in [2.75, 3.05) is 31.2 Å². The van der Waals surface area contributed by atoms with Crippen molar-refractivity contribution < 1.29 is 32.1 Å². The summed E-state index contributed by atoms with van der Waals surface area (Å²) < 4.78 is 39.8. The molecule has 0 saturated heterocycles. The maximum absolute atomic E-state index is 12.8. The number of hydrogen-bond donors (Lipinski definition) is 3. The minimum atomic E-state index is -4.48. The van der Waals surface area contributed by atoms with Crippen LogP contribution < -0.4 is 11.1 Å². The maximum Gasteiger partial charge on any atom is 0.265 e. The van der Waals surface area contributed by atoms with E-state index in [2.05, 4.69) is 21.8 Å².